The number of aromatic nitrogens is 2. The molecule has 0 unspecified atom stereocenters. The fraction of sp³-hybridized carbons (Fsp3) is 0.267. The molecule has 1 heterocycles. The topological polar surface area (TPSA) is 70.2 Å². The Morgan fingerprint density at radius 3 is 2.52 bits per heavy atom. The van der Waals surface area contributed by atoms with Crippen LogP contribution in [-0.2, 0) is 0 Å². The smallest absolute Gasteiger partial charge is 0.254 e. The molecule has 0 fully saturated rings. The van der Waals surface area contributed by atoms with Gasteiger partial charge in [-0.25, -0.2) is 18.7 Å². The van der Waals surface area contributed by atoms with Crippen molar-refractivity contribution >= 4 is 17.5 Å². The number of nitrogens with zero attached hydrogens (tertiary/aromatic N) is 3. The van der Waals surface area contributed by atoms with E-state index >= 15 is 0 Å². The molecule has 1 aromatic heterocycles. The number of hydrogen-bond donors (Lipinski definition) is 2. The van der Waals surface area contributed by atoms with Gasteiger partial charge in [-0.15, -0.1) is 0 Å². The quantitative estimate of drug-likeness (QED) is 0.849. The highest BCUT2D eigenvalue weighted by Crippen LogP contribution is 2.18. The highest BCUT2D eigenvalue weighted by atomic mass is 19.1. The maximum Gasteiger partial charge on any atom is 0.254 e. The molecule has 0 aliphatic heterocycles. The van der Waals surface area contributed by atoms with Crippen molar-refractivity contribution in [1.29, 1.82) is 0 Å². The van der Waals surface area contributed by atoms with E-state index < -0.39 is 11.6 Å². The van der Waals surface area contributed by atoms with Gasteiger partial charge in [0.1, 0.15) is 11.6 Å². The lowest BCUT2D eigenvalue weighted by atomic mass is 10.3. The van der Waals surface area contributed by atoms with Crippen molar-refractivity contribution in [3.05, 3.63) is 47.8 Å². The molecule has 8 heteroatoms. The van der Waals surface area contributed by atoms with Gasteiger partial charge in [-0.3, -0.25) is 4.79 Å². The highest BCUT2D eigenvalue weighted by molar-refractivity contribution is 5.93. The average molecular weight is 321 g/mol. The molecule has 0 saturated carbocycles. The number of likely N-dealkylation sites (N-methyl/N-ethyl adjacent to an activating group) is 1. The third kappa shape index (κ3) is 4.96. The second-order valence-electron chi connectivity index (χ2n) is 5.10. The van der Waals surface area contributed by atoms with Crippen LogP contribution in [0.1, 0.15) is 10.4 Å². The summed E-state index contributed by atoms with van der Waals surface area (Å²) in [5.74, 6) is -1.59. The van der Waals surface area contributed by atoms with Crippen molar-refractivity contribution in [3.8, 4) is 0 Å². The number of rotatable bonds is 6. The maximum absolute atomic E-state index is 13.5. The molecular formula is C15H17F2N5O. The minimum absolute atomic E-state index is 0.0505. The molecule has 2 N–H and O–H groups in total. The molecule has 6 nitrogen and oxygen atoms in total. The summed E-state index contributed by atoms with van der Waals surface area (Å²) in [7, 11) is 3.81. The summed E-state index contributed by atoms with van der Waals surface area (Å²) in [5, 5.41) is 5.35. The van der Waals surface area contributed by atoms with Gasteiger partial charge < -0.3 is 15.5 Å². The van der Waals surface area contributed by atoms with Crippen molar-refractivity contribution in [2.45, 2.75) is 0 Å². The number of halogens is 2. The molecule has 0 atom stereocenters. The Bertz CT molecular complexity index is 676. The third-order valence-electron chi connectivity index (χ3n) is 2.94. The highest BCUT2D eigenvalue weighted by Gasteiger charge is 2.09. The summed E-state index contributed by atoms with van der Waals surface area (Å²) < 4.78 is 26.4. The Morgan fingerprint density at radius 2 is 1.91 bits per heavy atom. The van der Waals surface area contributed by atoms with Crippen LogP contribution in [0, 0.1) is 11.6 Å². The first-order valence-corrected chi connectivity index (χ1v) is 6.93. The van der Waals surface area contributed by atoms with Gasteiger partial charge in [-0.1, -0.05) is 0 Å². The lowest BCUT2D eigenvalue weighted by Crippen LogP contribution is -2.31. The van der Waals surface area contributed by atoms with Crippen LogP contribution in [0.5, 0.6) is 0 Å². The van der Waals surface area contributed by atoms with E-state index in [4.69, 9.17) is 0 Å². The van der Waals surface area contributed by atoms with Crippen molar-refractivity contribution in [2.24, 2.45) is 0 Å². The average Bonchev–Trinajstić information content (AvgIpc) is 2.50. The van der Waals surface area contributed by atoms with E-state index in [1.807, 2.05) is 19.0 Å². The Balaban J connectivity index is 1.97. The monoisotopic (exact) mass is 321 g/mol. The molecule has 0 aliphatic carbocycles. The molecule has 23 heavy (non-hydrogen) atoms. The summed E-state index contributed by atoms with van der Waals surface area (Å²) in [4.78, 5) is 21.7. The summed E-state index contributed by atoms with van der Waals surface area (Å²) in [6.45, 7) is 1.22. The zero-order chi connectivity index (χ0) is 16.8. The number of anilines is 2. The van der Waals surface area contributed by atoms with Gasteiger partial charge in [-0.05, 0) is 26.2 Å². The van der Waals surface area contributed by atoms with Gasteiger partial charge >= 0.3 is 0 Å². The Hall–Kier alpha value is -2.61. The maximum atomic E-state index is 13.5. The second-order valence-corrected chi connectivity index (χ2v) is 5.10. The molecule has 2 rings (SSSR count). The lowest BCUT2D eigenvalue weighted by Gasteiger charge is -2.10. The van der Waals surface area contributed by atoms with Crippen LogP contribution in [0.3, 0.4) is 0 Å². The number of amides is 1. The van der Waals surface area contributed by atoms with Gasteiger partial charge in [0.15, 0.2) is 0 Å². The number of carbonyl (C=O) groups excluding carboxylic acids is 1. The van der Waals surface area contributed by atoms with Crippen LogP contribution >= 0.6 is 0 Å². The van der Waals surface area contributed by atoms with Gasteiger partial charge in [0.25, 0.3) is 5.91 Å². The van der Waals surface area contributed by atoms with Crippen molar-refractivity contribution in [2.75, 3.05) is 32.5 Å². The van der Waals surface area contributed by atoms with Gasteiger partial charge in [0, 0.05) is 31.5 Å². The Morgan fingerprint density at radius 1 is 1.22 bits per heavy atom. The standard InChI is InChI=1S/C15H17F2N5O/c1-22(2)6-5-18-14(23)10-8-19-15(20-9-10)21-13-4-3-11(16)7-12(13)17/h3-4,7-9H,5-6H2,1-2H3,(H,18,23)(H,19,20,21). The first kappa shape index (κ1) is 16.8. The molecule has 1 amide bonds. The van der Waals surface area contributed by atoms with Gasteiger partial charge in [0.2, 0.25) is 5.95 Å². The van der Waals surface area contributed by atoms with E-state index in [1.54, 1.807) is 0 Å². The first-order chi connectivity index (χ1) is 11.0. The predicted octanol–water partition coefficient (Wildman–Crippen LogP) is 1.79. The number of nitrogens with one attached hydrogen (secondary N) is 2. The van der Waals surface area contributed by atoms with Crippen LogP contribution in [0.15, 0.2) is 30.6 Å². The second kappa shape index (κ2) is 7.59. The van der Waals surface area contributed by atoms with E-state index in [2.05, 4.69) is 20.6 Å². The van der Waals surface area contributed by atoms with Crippen LogP contribution in [0.4, 0.5) is 20.4 Å². The van der Waals surface area contributed by atoms with Crippen LogP contribution in [0.2, 0.25) is 0 Å². The van der Waals surface area contributed by atoms with E-state index in [0.717, 1.165) is 18.7 Å². The fourth-order valence-electron chi connectivity index (χ4n) is 1.72. The zero-order valence-electron chi connectivity index (χ0n) is 12.8. The van der Waals surface area contributed by atoms with Crippen molar-refractivity contribution < 1.29 is 13.6 Å². The normalized spacial score (nSPS) is 10.7. The minimum Gasteiger partial charge on any atom is -0.351 e. The predicted molar refractivity (Wildman–Crippen MR) is 82.6 cm³/mol. The van der Waals surface area contributed by atoms with E-state index in [1.165, 1.54) is 18.5 Å². The van der Waals surface area contributed by atoms with Crippen LogP contribution < -0.4 is 10.6 Å². The Kier molecular flexibility index (Phi) is 5.53. The van der Waals surface area contributed by atoms with E-state index in [9.17, 15) is 13.6 Å². The third-order valence-corrected chi connectivity index (χ3v) is 2.94. The molecule has 122 valence electrons. The van der Waals surface area contributed by atoms with Crippen molar-refractivity contribution in [1.82, 2.24) is 20.2 Å². The number of hydrogen-bond acceptors (Lipinski definition) is 5. The molecule has 0 spiro atoms. The molecule has 0 bridgehead atoms. The SMILES string of the molecule is CN(C)CCNC(=O)c1cnc(Nc2ccc(F)cc2F)nc1. The number of carbonyl (C=O) groups is 1. The molecule has 1 aromatic carbocycles. The summed E-state index contributed by atoms with van der Waals surface area (Å²) in [6, 6.07) is 3.13. The van der Waals surface area contributed by atoms with E-state index in [0.29, 0.717) is 12.1 Å². The largest absolute Gasteiger partial charge is 0.351 e. The molecule has 0 radical (unpaired) electrons. The van der Waals surface area contributed by atoms with Gasteiger partial charge in [-0.2, -0.15) is 0 Å². The molecular weight excluding hydrogens is 304 g/mol. The number of benzene rings is 1. The van der Waals surface area contributed by atoms with Gasteiger partial charge in [0.05, 0.1) is 11.3 Å². The molecule has 0 saturated heterocycles. The summed E-state index contributed by atoms with van der Waals surface area (Å²) in [6.07, 6.45) is 2.67. The summed E-state index contributed by atoms with van der Waals surface area (Å²) in [5.41, 5.74) is 0.350. The Labute approximate surface area is 132 Å². The van der Waals surface area contributed by atoms with Crippen LogP contribution in [-0.4, -0.2) is 48.0 Å². The first-order valence-electron chi connectivity index (χ1n) is 6.93. The zero-order valence-corrected chi connectivity index (χ0v) is 12.8. The molecule has 0 aliphatic rings. The minimum atomic E-state index is -0.751. The molecule has 2 aromatic rings. The lowest BCUT2D eigenvalue weighted by molar-refractivity contribution is 0.0950. The van der Waals surface area contributed by atoms with E-state index in [-0.39, 0.29) is 17.5 Å². The van der Waals surface area contributed by atoms with Crippen molar-refractivity contribution in [3.63, 3.8) is 0 Å². The fourth-order valence-corrected chi connectivity index (χ4v) is 1.72. The van der Waals surface area contributed by atoms with Crippen LogP contribution in [0.25, 0.3) is 0 Å². The summed E-state index contributed by atoms with van der Waals surface area (Å²) >= 11 is 0.